The van der Waals surface area contributed by atoms with Gasteiger partial charge in [0.1, 0.15) is 5.82 Å². The van der Waals surface area contributed by atoms with Gasteiger partial charge in [-0.3, -0.25) is 0 Å². The van der Waals surface area contributed by atoms with Crippen molar-refractivity contribution in [3.05, 3.63) is 34.1 Å². The number of likely N-dealkylation sites (N-methyl/N-ethyl adjacent to an activating group) is 1. The highest BCUT2D eigenvalue weighted by Crippen LogP contribution is 2.22. The molecule has 1 rings (SSSR count). The summed E-state index contributed by atoms with van der Waals surface area (Å²) in [4.78, 5) is 0. The van der Waals surface area contributed by atoms with Crippen LogP contribution in [-0.2, 0) is 4.74 Å². The Labute approximate surface area is 111 Å². The summed E-state index contributed by atoms with van der Waals surface area (Å²) in [6.07, 6.45) is 0.972. The molecule has 1 atom stereocenters. The van der Waals surface area contributed by atoms with Gasteiger partial charge in [0.25, 0.3) is 0 Å². The second-order valence-corrected chi connectivity index (χ2v) is 4.77. The van der Waals surface area contributed by atoms with Crippen LogP contribution in [0.15, 0.2) is 22.7 Å². The lowest BCUT2D eigenvalue weighted by Crippen LogP contribution is -2.26. The van der Waals surface area contributed by atoms with E-state index in [2.05, 4.69) is 28.2 Å². The average Bonchev–Trinajstić information content (AvgIpc) is 2.32. The van der Waals surface area contributed by atoms with E-state index in [1.807, 2.05) is 6.92 Å². The van der Waals surface area contributed by atoms with E-state index >= 15 is 0 Å². The number of hydrogen-bond donors (Lipinski definition) is 1. The number of halogens is 2. The third-order valence-electron chi connectivity index (χ3n) is 2.42. The van der Waals surface area contributed by atoms with E-state index in [4.69, 9.17) is 4.74 Å². The summed E-state index contributed by atoms with van der Waals surface area (Å²) < 4.78 is 20.1. The molecule has 0 radical (unpaired) electrons. The Bertz CT molecular complexity index is 346. The Hall–Kier alpha value is -0.450. The monoisotopic (exact) mass is 303 g/mol. The molecule has 0 aliphatic rings. The molecule has 0 saturated carbocycles. The summed E-state index contributed by atoms with van der Waals surface area (Å²) in [6.45, 7) is 6.04. The standard InChI is InChI=1S/C13H19BrFNO/c1-3-7-17-9-13(16-4-2)11-8-10(14)5-6-12(11)15/h5-6,8,13,16H,3-4,7,9H2,1-2H3. The molecule has 17 heavy (non-hydrogen) atoms. The molecular formula is C13H19BrFNO. The van der Waals surface area contributed by atoms with Gasteiger partial charge < -0.3 is 10.1 Å². The van der Waals surface area contributed by atoms with Crippen molar-refractivity contribution in [2.45, 2.75) is 26.3 Å². The Morgan fingerprint density at radius 3 is 2.82 bits per heavy atom. The molecule has 1 aromatic rings. The van der Waals surface area contributed by atoms with Crippen LogP contribution in [0.25, 0.3) is 0 Å². The van der Waals surface area contributed by atoms with Crippen molar-refractivity contribution < 1.29 is 9.13 Å². The topological polar surface area (TPSA) is 21.3 Å². The molecular weight excluding hydrogens is 285 g/mol. The van der Waals surface area contributed by atoms with Crippen LogP contribution in [0.4, 0.5) is 4.39 Å². The van der Waals surface area contributed by atoms with Gasteiger partial charge in [0, 0.05) is 16.6 Å². The highest BCUT2D eigenvalue weighted by atomic mass is 79.9. The number of nitrogens with one attached hydrogen (secondary N) is 1. The Morgan fingerprint density at radius 1 is 1.41 bits per heavy atom. The van der Waals surface area contributed by atoms with Gasteiger partial charge in [0.05, 0.1) is 12.6 Å². The molecule has 0 bridgehead atoms. The van der Waals surface area contributed by atoms with Crippen molar-refractivity contribution in [1.82, 2.24) is 5.32 Å². The highest BCUT2D eigenvalue weighted by molar-refractivity contribution is 9.10. The van der Waals surface area contributed by atoms with Gasteiger partial charge in [-0.1, -0.05) is 29.8 Å². The maximum absolute atomic E-state index is 13.7. The minimum absolute atomic E-state index is 0.0935. The van der Waals surface area contributed by atoms with Crippen LogP contribution in [0.1, 0.15) is 31.9 Å². The molecule has 1 aromatic carbocycles. The number of hydrogen-bond acceptors (Lipinski definition) is 2. The summed E-state index contributed by atoms with van der Waals surface area (Å²) >= 11 is 3.36. The molecule has 1 N–H and O–H groups in total. The number of rotatable bonds is 7. The molecule has 0 aliphatic heterocycles. The zero-order valence-electron chi connectivity index (χ0n) is 10.3. The molecule has 0 amide bonds. The summed E-state index contributed by atoms with van der Waals surface area (Å²) in [7, 11) is 0. The van der Waals surface area contributed by atoms with Crippen LogP contribution in [0.2, 0.25) is 0 Å². The van der Waals surface area contributed by atoms with Gasteiger partial charge in [-0.15, -0.1) is 0 Å². The summed E-state index contributed by atoms with van der Waals surface area (Å²) in [6, 6.07) is 4.89. The normalized spacial score (nSPS) is 12.7. The summed E-state index contributed by atoms with van der Waals surface area (Å²) in [5.74, 6) is -0.195. The van der Waals surface area contributed by atoms with Crippen molar-refractivity contribution in [3.63, 3.8) is 0 Å². The first kappa shape index (κ1) is 14.6. The van der Waals surface area contributed by atoms with Crippen LogP contribution >= 0.6 is 15.9 Å². The molecule has 0 fully saturated rings. The molecule has 0 aromatic heterocycles. The third-order valence-corrected chi connectivity index (χ3v) is 2.91. The smallest absolute Gasteiger partial charge is 0.128 e. The van der Waals surface area contributed by atoms with Crippen LogP contribution < -0.4 is 5.32 Å². The van der Waals surface area contributed by atoms with Gasteiger partial charge >= 0.3 is 0 Å². The zero-order chi connectivity index (χ0) is 12.7. The second kappa shape index (κ2) is 7.80. The van der Waals surface area contributed by atoms with Crippen LogP contribution in [-0.4, -0.2) is 19.8 Å². The Balaban J connectivity index is 2.77. The maximum Gasteiger partial charge on any atom is 0.128 e. The van der Waals surface area contributed by atoms with Crippen molar-refractivity contribution in [2.24, 2.45) is 0 Å². The van der Waals surface area contributed by atoms with Gasteiger partial charge in [-0.2, -0.15) is 0 Å². The van der Waals surface area contributed by atoms with Crippen LogP contribution in [0, 0.1) is 5.82 Å². The first-order valence-electron chi connectivity index (χ1n) is 5.95. The fourth-order valence-corrected chi connectivity index (χ4v) is 2.01. The van der Waals surface area contributed by atoms with Crippen molar-refractivity contribution >= 4 is 15.9 Å². The second-order valence-electron chi connectivity index (χ2n) is 3.85. The minimum atomic E-state index is -0.195. The fraction of sp³-hybridized carbons (Fsp3) is 0.538. The lowest BCUT2D eigenvalue weighted by Gasteiger charge is -2.19. The van der Waals surface area contributed by atoms with E-state index in [0.717, 1.165) is 17.4 Å². The molecule has 0 spiro atoms. The first-order valence-corrected chi connectivity index (χ1v) is 6.74. The molecule has 1 unspecified atom stereocenters. The molecule has 0 saturated heterocycles. The molecule has 4 heteroatoms. The van der Waals surface area contributed by atoms with Crippen LogP contribution in [0.3, 0.4) is 0 Å². The molecule has 2 nitrogen and oxygen atoms in total. The third kappa shape index (κ3) is 4.74. The molecule has 0 aliphatic carbocycles. The van der Waals surface area contributed by atoms with Crippen LogP contribution in [0.5, 0.6) is 0 Å². The van der Waals surface area contributed by atoms with Gasteiger partial charge in [0.15, 0.2) is 0 Å². The highest BCUT2D eigenvalue weighted by Gasteiger charge is 2.15. The molecule has 0 heterocycles. The summed E-state index contributed by atoms with van der Waals surface area (Å²) in [5.41, 5.74) is 0.650. The van der Waals surface area contributed by atoms with Crippen molar-refractivity contribution in [2.75, 3.05) is 19.8 Å². The Kier molecular flexibility index (Phi) is 6.70. The quantitative estimate of drug-likeness (QED) is 0.776. The maximum atomic E-state index is 13.7. The van der Waals surface area contributed by atoms with E-state index in [1.165, 1.54) is 6.07 Å². The Morgan fingerprint density at radius 2 is 2.18 bits per heavy atom. The van der Waals surface area contributed by atoms with Gasteiger partial charge in [0.2, 0.25) is 0 Å². The number of ether oxygens (including phenoxy) is 1. The molecule has 96 valence electrons. The minimum Gasteiger partial charge on any atom is -0.379 e. The number of benzene rings is 1. The van der Waals surface area contributed by atoms with E-state index in [-0.39, 0.29) is 11.9 Å². The SMILES string of the molecule is CCCOCC(NCC)c1cc(Br)ccc1F. The average molecular weight is 304 g/mol. The van der Waals surface area contributed by atoms with E-state index < -0.39 is 0 Å². The first-order chi connectivity index (χ1) is 8.19. The van der Waals surface area contributed by atoms with E-state index in [0.29, 0.717) is 18.8 Å². The lowest BCUT2D eigenvalue weighted by molar-refractivity contribution is 0.111. The van der Waals surface area contributed by atoms with Crippen molar-refractivity contribution in [1.29, 1.82) is 0 Å². The van der Waals surface area contributed by atoms with E-state index in [9.17, 15) is 4.39 Å². The van der Waals surface area contributed by atoms with Gasteiger partial charge in [-0.05, 0) is 31.2 Å². The fourth-order valence-electron chi connectivity index (χ4n) is 1.63. The predicted molar refractivity (Wildman–Crippen MR) is 71.6 cm³/mol. The lowest BCUT2D eigenvalue weighted by atomic mass is 10.1. The largest absolute Gasteiger partial charge is 0.379 e. The predicted octanol–water partition coefficient (Wildman–Crippen LogP) is 3.67. The summed E-state index contributed by atoms with van der Waals surface area (Å²) in [5, 5.41) is 3.24. The zero-order valence-corrected chi connectivity index (χ0v) is 11.9. The van der Waals surface area contributed by atoms with Gasteiger partial charge in [-0.25, -0.2) is 4.39 Å². The van der Waals surface area contributed by atoms with Crippen molar-refractivity contribution in [3.8, 4) is 0 Å². The van der Waals surface area contributed by atoms with E-state index in [1.54, 1.807) is 12.1 Å².